The standard InChI is InChI=1S/C12H13N5O/c1-8-4-5-10(16-13)9(7-8)12(18)15-11-3-2-6-14-17-11/h2-7,16H,13H2,1H3,(H,15,17,18). The van der Waals surface area contributed by atoms with Crippen LogP contribution in [0.1, 0.15) is 15.9 Å². The molecule has 0 saturated heterocycles. The van der Waals surface area contributed by atoms with Gasteiger partial charge in [-0.25, -0.2) is 0 Å². The zero-order valence-electron chi connectivity index (χ0n) is 9.84. The Morgan fingerprint density at radius 3 is 2.83 bits per heavy atom. The van der Waals surface area contributed by atoms with Crippen molar-refractivity contribution in [3.8, 4) is 0 Å². The number of aromatic nitrogens is 2. The van der Waals surface area contributed by atoms with E-state index in [1.54, 1.807) is 24.3 Å². The van der Waals surface area contributed by atoms with Crippen LogP contribution in [-0.2, 0) is 0 Å². The number of nitrogens with two attached hydrogens (primary N) is 1. The molecule has 0 spiro atoms. The molecular formula is C12H13N5O. The molecule has 0 atom stereocenters. The summed E-state index contributed by atoms with van der Waals surface area (Å²) in [5.41, 5.74) is 4.48. The van der Waals surface area contributed by atoms with E-state index in [9.17, 15) is 4.79 Å². The van der Waals surface area contributed by atoms with Gasteiger partial charge in [0.1, 0.15) is 0 Å². The summed E-state index contributed by atoms with van der Waals surface area (Å²) in [6.45, 7) is 1.90. The number of nitrogens with zero attached hydrogens (tertiary/aromatic N) is 2. The van der Waals surface area contributed by atoms with Crippen molar-refractivity contribution < 1.29 is 4.79 Å². The van der Waals surface area contributed by atoms with E-state index in [2.05, 4.69) is 20.9 Å². The molecule has 0 saturated carbocycles. The van der Waals surface area contributed by atoms with Crippen molar-refractivity contribution in [1.82, 2.24) is 10.2 Å². The van der Waals surface area contributed by atoms with Crippen LogP contribution in [0, 0.1) is 6.92 Å². The third kappa shape index (κ3) is 2.61. The number of anilines is 2. The molecule has 1 aromatic carbocycles. The number of rotatable bonds is 3. The highest BCUT2D eigenvalue weighted by Crippen LogP contribution is 2.17. The molecule has 1 aromatic heterocycles. The lowest BCUT2D eigenvalue weighted by Gasteiger charge is -2.09. The summed E-state index contributed by atoms with van der Waals surface area (Å²) in [5.74, 6) is 5.48. The Morgan fingerprint density at radius 2 is 2.17 bits per heavy atom. The lowest BCUT2D eigenvalue weighted by atomic mass is 10.1. The van der Waals surface area contributed by atoms with Crippen molar-refractivity contribution in [2.24, 2.45) is 5.84 Å². The maximum atomic E-state index is 12.1. The molecule has 0 fully saturated rings. The predicted molar refractivity (Wildman–Crippen MR) is 69.0 cm³/mol. The molecule has 4 N–H and O–H groups in total. The number of hydrogen-bond donors (Lipinski definition) is 3. The van der Waals surface area contributed by atoms with Gasteiger partial charge in [-0.15, -0.1) is 5.10 Å². The summed E-state index contributed by atoms with van der Waals surface area (Å²) in [4.78, 5) is 12.1. The number of amides is 1. The van der Waals surface area contributed by atoms with E-state index in [-0.39, 0.29) is 5.91 Å². The van der Waals surface area contributed by atoms with Crippen LogP contribution in [-0.4, -0.2) is 16.1 Å². The molecule has 0 aliphatic heterocycles. The molecule has 6 heteroatoms. The number of benzene rings is 1. The second-order valence-corrected chi connectivity index (χ2v) is 3.76. The van der Waals surface area contributed by atoms with Crippen LogP contribution in [0.2, 0.25) is 0 Å². The molecule has 2 aromatic rings. The molecule has 2 rings (SSSR count). The van der Waals surface area contributed by atoms with E-state index in [1.807, 2.05) is 13.0 Å². The third-order valence-electron chi connectivity index (χ3n) is 2.39. The first-order valence-corrected chi connectivity index (χ1v) is 5.37. The van der Waals surface area contributed by atoms with Crippen LogP contribution in [0.4, 0.5) is 11.5 Å². The number of carbonyl (C=O) groups is 1. The third-order valence-corrected chi connectivity index (χ3v) is 2.39. The average molecular weight is 243 g/mol. The van der Waals surface area contributed by atoms with Gasteiger partial charge in [0.2, 0.25) is 0 Å². The maximum Gasteiger partial charge on any atom is 0.259 e. The Bertz CT molecular complexity index is 556. The van der Waals surface area contributed by atoms with Crippen LogP contribution in [0.3, 0.4) is 0 Å². The fourth-order valence-corrected chi connectivity index (χ4v) is 1.52. The Labute approximate surface area is 104 Å². The summed E-state index contributed by atoms with van der Waals surface area (Å²) in [7, 11) is 0. The lowest BCUT2D eigenvalue weighted by molar-refractivity contribution is 0.102. The molecular weight excluding hydrogens is 230 g/mol. The normalized spacial score (nSPS) is 9.89. The van der Waals surface area contributed by atoms with Crippen LogP contribution in [0.25, 0.3) is 0 Å². The SMILES string of the molecule is Cc1ccc(NN)c(C(=O)Nc2cccnn2)c1. The van der Waals surface area contributed by atoms with E-state index in [0.717, 1.165) is 5.56 Å². The topological polar surface area (TPSA) is 92.9 Å². The van der Waals surface area contributed by atoms with Crippen molar-refractivity contribution in [3.05, 3.63) is 47.7 Å². The highest BCUT2D eigenvalue weighted by molar-refractivity contribution is 6.07. The number of hydrogen-bond acceptors (Lipinski definition) is 5. The first-order valence-electron chi connectivity index (χ1n) is 5.37. The molecule has 6 nitrogen and oxygen atoms in total. The van der Waals surface area contributed by atoms with Crippen molar-refractivity contribution in [2.45, 2.75) is 6.92 Å². The number of carbonyl (C=O) groups excluding carboxylic acids is 1. The predicted octanol–water partition coefficient (Wildman–Crippen LogP) is 1.32. The molecule has 18 heavy (non-hydrogen) atoms. The van der Waals surface area contributed by atoms with Crippen LogP contribution in [0.15, 0.2) is 36.5 Å². The largest absolute Gasteiger partial charge is 0.323 e. The molecule has 1 amide bonds. The minimum atomic E-state index is -0.285. The van der Waals surface area contributed by atoms with Crippen molar-refractivity contribution in [1.29, 1.82) is 0 Å². The minimum Gasteiger partial charge on any atom is -0.323 e. The summed E-state index contributed by atoms with van der Waals surface area (Å²) in [6.07, 6.45) is 1.54. The van der Waals surface area contributed by atoms with E-state index >= 15 is 0 Å². The Kier molecular flexibility index (Phi) is 3.49. The molecule has 0 unspecified atom stereocenters. The molecule has 92 valence electrons. The minimum absolute atomic E-state index is 0.285. The van der Waals surface area contributed by atoms with Gasteiger partial charge in [0, 0.05) is 6.20 Å². The number of aryl methyl sites for hydroxylation is 1. The fraction of sp³-hybridized carbons (Fsp3) is 0.0833. The monoisotopic (exact) mass is 243 g/mol. The van der Waals surface area contributed by atoms with Crippen LogP contribution in [0.5, 0.6) is 0 Å². The number of hydrazine groups is 1. The highest BCUT2D eigenvalue weighted by atomic mass is 16.1. The van der Waals surface area contributed by atoms with Crippen molar-refractivity contribution in [3.63, 3.8) is 0 Å². The van der Waals surface area contributed by atoms with Gasteiger partial charge in [-0.2, -0.15) is 5.10 Å². The van der Waals surface area contributed by atoms with E-state index in [1.165, 1.54) is 6.20 Å². The van der Waals surface area contributed by atoms with Gasteiger partial charge in [0.15, 0.2) is 5.82 Å². The van der Waals surface area contributed by atoms with Gasteiger partial charge < -0.3 is 10.7 Å². The van der Waals surface area contributed by atoms with Gasteiger partial charge in [0.25, 0.3) is 5.91 Å². The first kappa shape index (κ1) is 12.0. The molecule has 0 aliphatic carbocycles. The molecule has 0 bridgehead atoms. The smallest absolute Gasteiger partial charge is 0.259 e. The second-order valence-electron chi connectivity index (χ2n) is 3.76. The Hall–Kier alpha value is -2.47. The van der Waals surface area contributed by atoms with Gasteiger partial charge in [-0.05, 0) is 31.2 Å². The van der Waals surface area contributed by atoms with Crippen LogP contribution >= 0.6 is 0 Å². The zero-order valence-corrected chi connectivity index (χ0v) is 9.84. The quantitative estimate of drug-likeness (QED) is 0.558. The van der Waals surface area contributed by atoms with Crippen molar-refractivity contribution in [2.75, 3.05) is 10.7 Å². The second kappa shape index (κ2) is 5.24. The Morgan fingerprint density at radius 1 is 1.33 bits per heavy atom. The van der Waals surface area contributed by atoms with Crippen LogP contribution < -0.4 is 16.6 Å². The maximum absolute atomic E-state index is 12.1. The number of nitrogen functional groups attached to an aromatic ring is 1. The van der Waals surface area contributed by atoms with Gasteiger partial charge in [-0.1, -0.05) is 11.6 Å². The highest BCUT2D eigenvalue weighted by Gasteiger charge is 2.11. The van der Waals surface area contributed by atoms with E-state index in [4.69, 9.17) is 5.84 Å². The van der Waals surface area contributed by atoms with Gasteiger partial charge >= 0.3 is 0 Å². The zero-order chi connectivity index (χ0) is 13.0. The fourth-order valence-electron chi connectivity index (χ4n) is 1.52. The summed E-state index contributed by atoms with van der Waals surface area (Å²) < 4.78 is 0. The van der Waals surface area contributed by atoms with Gasteiger partial charge in [-0.3, -0.25) is 10.6 Å². The average Bonchev–Trinajstić information content (AvgIpc) is 2.40. The molecule has 0 radical (unpaired) electrons. The first-order chi connectivity index (χ1) is 8.70. The summed E-state index contributed by atoms with van der Waals surface area (Å²) >= 11 is 0. The lowest BCUT2D eigenvalue weighted by Crippen LogP contribution is -2.18. The summed E-state index contributed by atoms with van der Waals surface area (Å²) in [5, 5.41) is 10.1. The van der Waals surface area contributed by atoms with Crippen molar-refractivity contribution >= 4 is 17.4 Å². The molecule has 0 aliphatic rings. The summed E-state index contributed by atoms with van der Waals surface area (Å²) in [6, 6.07) is 8.73. The number of nitrogens with one attached hydrogen (secondary N) is 2. The molecule has 1 heterocycles. The van der Waals surface area contributed by atoms with Gasteiger partial charge in [0.05, 0.1) is 11.3 Å². The van der Waals surface area contributed by atoms with E-state index in [0.29, 0.717) is 17.1 Å². The van der Waals surface area contributed by atoms with E-state index < -0.39 is 0 Å². The Balaban J connectivity index is 2.26.